The lowest BCUT2D eigenvalue weighted by molar-refractivity contribution is 0.607. The van der Waals surface area contributed by atoms with E-state index in [1.54, 1.807) is 6.07 Å². The average molecular weight is 383 g/mol. The lowest BCUT2D eigenvalue weighted by Gasteiger charge is -2.18. The van der Waals surface area contributed by atoms with Gasteiger partial charge in [-0.1, -0.05) is 42.3 Å². The van der Waals surface area contributed by atoms with E-state index in [0.29, 0.717) is 9.90 Å². The first kappa shape index (κ1) is 15.3. The number of hydrogen-bond donors (Lipinski definition) is 1. The Kier molecular flexibility index (Phi) is 5.26. The van der Waals surface area contributed by atoms with E-state index in [1.807, 2.05) is 19.1 Å². The number of nitrogens with one attached hydrogen (secondary N) is 1. The van der Waals surface area contributed by atoms with Crippen molar-refractivity contribution in [1.29, 1.82) is 0 Å². The lowest BCUT2D eigenvalue weighted by atomic mass is 10.1. The summed E-state index contributed by atoms with van der Waals surface area (Å²) >= 11 is 17.0. The minimum Gasteiger partial charge on any atom is -0.306 e. The molecule has 2 aromatic rings. The smallest absolute Gasteiger partial charge is 0.142 e. The van der Waals surface area contributed by atoms with Gasteiger partial charge in [0.2, 0.25) is 0 Å². The zero-order valence-corrected chi connectivity index (χ0v) is 13.9. The highest BCUT2D eigenvalue weighted by molar-refractivity contribution is 9.10. The van der Waals surface area contributed by atoms with E-state index < -0.39 is 5.82 Å². The molecular formula is C13H11BrCl2FNS. The highest BCUT2D eigenvalue weighted by atomic mass is 79.9. The first-order valence-electron chi connectivity index (χ1n) is 5.66. The molecule has 0 radical (unpaired) electrons. The summed E-state index contributed by atoms with van der Waals surface area (Å²) in [5.41, 5.74) is 0.717. The van der Waals surface area contributed by atoms with Crippen molar-refractivity contribution in [2.45, 2.75) is 13.0 Å². The lowest BCUT2D eigenvalue weighted by Crippen LogP contribution is -2.21. The Hall–Kier alpha value is -0.130. The zero-order valence-electron chi connectivity index (χ0n) is 10.0. The second kappa shape index (κ2) is 6.55. The minimum absolute atomic E-state index is 0.147. The van der Waals surface area contributed by atoms with Crippen molar-refractivity contribution in [2.75, 3.05) is 6.54 Å². The molecule has 0 amide bonds. The predicted octanol–water partition coefficient (Wildman–Crippen LogP) is 5.66. The van der Waals surface area contributed by atoms with Gasteiger partial charge in [0.15, 0.2) is 0 Å². The van der Waals surface area contributed by atoms with Crippen molar-refractivity contribution in [3.8, 4) is 0 Å². The van der Waals surface area contributed by atoms with Gasteiger partial charge >= 0.3 is 0 Å². The van der Waals surface area contributed by atoms with Crippen molar-refractivity contribution in [2.24, 2.45) is 0 Å². The molecule has 0 saturated carbocycles. The van der Waals surface area contributed by atoms with Crippen molar-refractivity contribution in [3.05, 3.63) is 54.4 Å². The number of halogens is 4. The van der Waals surface area contributed by atoms with Crippen LogP contribution in [0.4, 0.5) is 4.39 Å². The van der Waals surface area contributed by atoms with Gasteiger partial charge in [0.25, 0.3) is 0 Å². The van der Waals surface area contributed by atoms with Gasteiger partial charge in [-0.25, -0.2) is 4.39 Å². The van der Waals surface area contributed by atoms with E-state index in [9.17, 15) is 4.39 Å². The van der Waals surface area contributed by atoms with Gasteiger partial charge in [-0.15, -0.1) is 11.3 Å². The maximum absolute atomic E-state index is 13.6. The molecule has 1 atom stereocenters. The second-order valence-electron chi connectivity index (χ2n) is 3.90. The number of thiophene rings is 1. The summed E-state index contributed by atoms with van der Waals surface area (Å²) in [5, 5.41) is 3.45. The molecule has 1 aromatic carbocycles. The number of benzene rings is 1. The molecule has 1 nitrogen and oxygen atoms in total. The first-order valence-corrected chi connectivity index (χ1v) is 8.03. The second-order valence-corrected chi connectivity index (χ2v) is 6.82. The normalized spacial score (nSPS) is 12.7. The van der Waals surface area contributed by atoms with Gasteiger partial charge in [0.05, 0.1) is 11.1 Å². The third kappa shape index (κ3) is 3.31. The maximum atomic E-state index is 13.6. The summed E-state index contributed by atoms with van der Waals surface area (Å²) in [6.45, 7) is 2.73. The van der Waals surface area contributed by atoms with Crippen LogP contribution in [0, 0.1) is 5.82 Å². The number of hydrogen-bond acceptors (Lipinski definition) is 2. The van der Waals surface area contributed by atoms with Crippen molar-refractivity contribution in [3.63, 3.8) is 0 Å². The summed E-state index contributed by atoms with van der Waals surface area (Å²) < 4.78 is 15.1. The molecule has 6 heteroatoms. The van der Waals surface area contributed by atoms with E-state index in [1.165, 1.54) is 17.4 Å². The Bertz CT molecular complexity index is 569. The third-order valence-electron chi connectivity index (χ3n) is 2.65. The van der Waals surface area contributed by atoms with Crippen molar-refractivity contribution >= 4 is 50.5 Å². The van der Waals surface area contributed by atoms with Crippen molar-refractivity contribution in [1.82, 2.24) is 5.32 Å². The van der Waals surface area contributed by atoms with Crippen LogP contribution < -0.4 is 5.32 Å². The fraction of sp³-hybridized carbons (Fsp3) is 0.231. The monoisotopic (exact) mass is 381 g/mol. The fourth-order valence-corrected chi connectivity index (χ4v) is 3.88. The Labute approximate surface area is 133 Å². The quantitative estimate of drug-likeness (QED) is 0.719. The molecule has 2 rings (SSSR count). The molecule has 0 aliphatic heterocycles. The first-order chi connectivity index (χ1) is 9.04. The minimum atomic E-state index is -0.413. The predicted molar refractivity (Wildman–Crippen MR) is 84.0 cm³/mol. The zero-order chi connectivity index (χ0) is 14.0. The van der Waals surface area contributed by atoms with Crippen LogP contribution in [0.2, 0.25) is 9.36 Å². The summed E-state index contributed by atoms with van der Waals surface area (Å²) in [4.78, 5) is 0.992. The summed E-state index contributed by atoms with van der Waals surface area (Å²) in [5.74, 6) is -0.413. The van der Waals surface area contributed by atoms with E-state index in [2.05, 4.69) is 21.2 Å². The highest BCUT2D eigenvalue weighted by Crippen LogP contribution is 2.39. The van der Waals surface area contributed by atoms with Crippen LogP contribution in [0.15, 0.2) is 28.7 Å². The summed E-state index contributed by atoms with van der Waals surface area (Å²) in [6.07, 6.45) is 0. The molecule has 1 N–H and O–H groups in total. The average Bonchev–Trinajstić information content (AvgIpc) is 2.70. The van der Waals surface area contributed by atoms with E-state index in [-0.39, 0.29) is 11.1 Å². The van der Waals surface area contributed by atoms with Gasteiger partial charge in [0, 0.05) is 9.35 Å². The molecular weight excluding hydrogens is 372 g/mol. The van der Waals surface area contributed by atoms with Crippen LogP contribution in [0.3, 0.4) is 0 Å². The molecule has 0 bridgehead atoms. The topological polar surface area (TPSA) is 12.0 Å². The maximum Gasteiger partial charge on any atom is 0.142 e. The summed E-state index contributed by atoms with van der Waals surface area (Å²) in [6, 6.07) is 6.60. The molecule has 0 fully saturated rings. The van der Waals surface area contributed by atoms with Gasteiger partial charge in [-0.2, -0.15) is 0 Å². The van der Waals surface area contributed by atoms with Crippen molar-refractivity contribution < 1.29 is 4.39 Å². The van der Waals surface area contributed by atoms with E-state index in [4.69, 9.17) is 23.2 Å². The van der Waals surface area contributed by atoms with Gasteiger partial charge < -0.3 is 5.32 Å². The standard InChI is InChI=1S/C13H11BrCl2FNS/c1-2-18-12(10-6-8(14)13(16)19-10)7-4-3-5-9(17)11(7)15/h3-6,12,18H,2H2,1H3. The number of rotatable bonds is 4. The van der Waals surface area contributed by atoms with Gasteiger partial charge in [-0.05, 0) is 40.2 Å². The van der Waals surface area contributed by atoms with E-state index >= 15 is 0 Å². The van der Waals surface area contributed by atoms with Gasteiger partial charge in [0.1, 0.15) is 10.2 Å². The summed E-state index contributed by atoms with van der Waals surface area (Å²) in [7, 11) is 0. The molecule has 1 unspecified atom stereocenters. The third-order valence-corrected chi connectivity index (χ3v) is 5.59. The fourth-order valence-electron chi connectivity index (χ4n) is 1.82. The van der Waals surface area contributed by atoms with Crippen LogP contribution in [-0.4, -0.2) is 6.54 Å². The van der Waals surface area contributed by atoms with Crippen LogP contribution in [0.25, 0.3) is 0 Å². The molecule has 0 saturated heterocycles. The molecule has 1 heterocycles. The molecule has 0 aliphatic carbocycles. The molecule has 1 aromatic heterocycles. The largest absolute Gasteiger partial charge is 0.306 e. The van der Waals surface area contributed by atoms with Crippen LogP contribution in [-0.2, 0) is 0 Å². The highest BCUT2D eigenvalue weighted by Gasteiger charge is 2.21. The molecule has 102 valence electrons. The van der Waals surface area contributed by atoms with Crippen LogP contribution in [0.5, 0.6) is 0 Å². The Morgan fingerprint density at radius 1 is 1.42 bits per heavy atom. The van der Waals surface area contributed by atoms with Crippen LogP contribution in [0.1, 0.15) is 23.4 Å². The SMILES string of the molecule is CCNC(c1cc(Br)c(Cl)s1)c1cccc(F)c1Cl. The molecule has 0 spiro atoms. The van der Waals surface area contributed by atoms with E-state index in [0.717, 1.165) is 15.9 Å². The Morgan fingerprint density at radius 3 is 2.74 bits per heavy atom. The molecule has 0 aliphatic rings. The Morgan fingerprint density at radius 2 is 2.16 bits per heavy atom. The van der Waals surface area contributed by atoms with Gasteiger partial charge in [-0.3, -0.25) is 0 Å². The Balaban J connectivity index is 2.48. The van der Waals surface area contributed by atoms with Crippen LogP contribution >= 0.6 is 50.5 Å². The molecule has 19 heavy (non-hydrogen) atoms.